The van der Waals surface area contributed by atoms with Gasteiger partial charge in [0.25, 0.3) is 0 Å². The molecule has 1 aromatic carbocycles. The Morgan fingerprint density at radius 2 is 2.22 bits per heavy atom. The van der Waals surface area contributed by atoms with Crippen LogP contribution in [0.1, 0.15) is 20.8 Å². The minimum Gasteiger partial charge on any atom is -0.397 e. The number of fused-ring (bicyclic) bond motifs is 1. The van der Waals surface area contributed by atoms with E-state index in [9.17, 15) is 0 Å². The largest absolute Gasteiger partial charge is 0.397 e. The van der Waals surface area contributed by atoms with Crippen molar-refractivity contribution < 1.29 is 4.74 Å². The van der Waals surface area contributed by atoms with Crippen LogP contribution in [0.2, 0.25) is 0 Å². The van der Waals surface area contributed by atoms with Gasteiger partial charge in [-0.25, -0.2) is 0 Å². The third-order valence-corrected chi connectivity index (χ3v) is 2.85. The van der Waals surface area contributed by atoms with Crippen LogP contribution in [0.5, 0.6) is 0 Å². The van der Waals surface area contributed by atoms with Crippen LogP contribution in [-0.2, 0) is 4.74 Å². The number of aromatic nitrogens is 2. The fourth-order valence-corrected chi connectivity index (χ4v) is 1.91. The highest BCUT2D eigenvalue weighted by Crippen LogP contribution is 2.25. The molecule has 98 valence electrons. The van der Waals surface area contributed by atoms with E-state index in [2.05, 4.69) is 29.4 Å². The van der Waals surface area contributed by atoms with E-state index in [-0.39, 0.29) is 5.60 Å². The van der Waals surface area contributed by atoms with E-state index in [0.717, 1.165) is 22.3 Å². The normalized spacial score (nSPS) is 11.9. The number of ether oxygens (including phenoxy) is 1. The smallest absolute Gasteiger partial charge is 0.0797 e. The maximum atomic E-state index is 6.00. The summed E-state index contributed by atoms with van der Waals surface area (Å²) in [6.07, 6.45) is 1.76. The van der Waals surface area contributed by atoms with Crippen molar-refractivity contribution in [1.29, 1.82) is 0 Å². The highest BCUT2D eigenvalue weighted by Gasteiger charge is 2.17. The zero-order valence-electron chi connectivity index (χ0n) is 11.1. The zero-order valence-corrected chi connectivity index (χ0v) is 11.1. The molecule has 2 aromatic rings. The van der Waals surface area contributed by atoms with Crippen molar-refractivity contribution >= 4 is 22.3 Å². The number of hydrogen-bond acceptors (Lipinski definition) is 4. The number of benzene rings is 1. The average molecular weight is 248 g/mol. The highest BCUT2D eigenvalue weighted by atomic mass is 16.5. The van der Waals surface area contributed by atoms with Crippen molar-refractivity contribution in [2.24, 2.45) is 0 Å². The Morgan fingerprint density at radius 3 is 2.94 bits per heavy atom. The SMILES string of the molecule is CCOC(C)(C)CNc1cc2[nH]ncc2cc1N. The summed E-state index contributed by atoms with van der Waals surface area (Å²) in [7, 11) is 0. The number of H-pyrrole nitrogens is 1. The molecule has 4 N–H and O–H groups in total. The topological polar surface area (TPSA) is 76.0 Å². The van der Waals surface area contributed by atoms with Gasteiger partial charge in [0.05, 0.1) is 28.7 Å². The summed E-state index contributed by atoms with van der Waals surface area (Å²) in [5.74, 6) is 0. The Kier molecular flexibility index (Phi) is 3.43. The Balaban J connectivity index is 2.13. The second-order valence-corrected chi connectivity index (χ2v) is 4.94. The molecule has 0 amide bonds. The monoisotopic (exact) mass is 248 g/mol. The van der Waals surface area contributed by atoms with Crippen LogP contribution in [0, 0.1) is 0 Å². The highest BCUT2D eigenvalue weighted by molar-refractivity contribution is 5.88. The number of nitrogens with one attached hydrogen (secondary N) is 2. The zero-order chi connectivity index (χ0) is 13.2. The molecule has 0 aliphatic heterocycles. The molecule has 0 atom stereocenters. The molecule has 0 saturated carbocycles. The number of nitrogen functional groups attached to an aromatic ring is 1. The van der Waals surface area contributed by atoms with Gasteiger partial charge in [-0.15, -0.1) is 0 Å². The van der Waals surface area contributed by atoms with Gasteiger partial charge in [-0.3, -0.25) is 5.10 Å². The first-order valence-corrected chi connectivity index (χ1v) is 6.12. The van der Waals surface area contributed by atoms with Gasteiger partial charge in [-0.05, 0) is 32.9 Å². The van der Waals surface area contributed by atoms with E-state index < -0.39 is 0 Å². The molecule has 0 bridgehead atoms. The molecule has 0 radical (unpaired) electrons. The van der Waals surface area contributed by atoms with Crippen LogP contribution in [-0.4, -0.2) is 29.0 Å². The van der Waals surface area contributed by atoms with Gasteiger partial charge >= 0.3 is 0 Å². The molecule has 2 rings (SSSR count). The predicted molar refractivity (Wildman–Crippen MR) is 74.7 cm³/mol. The number of rotatable bonds is 5. The third-order valence-electron chi connectivity index (χ3n) is 2.85. The molecule has 18 heavy (non-hydrogen) atoms. The van der Waals surface area contributed by atoms with Crippen LogP contribution in [0.3, 0.4) is 0 Å². The molecule has 5 nitrogen and oxygen atoms in total. The number of nitrogens with two attached hydrogens (primary N) is 1. The van der Waals surface area contributed by atoms with Gasteiger partial charge in [0, 0.05) is 18.5 Å². The molecule has 0 saturated heterocycles. The first kappa shape index (κ1) is 12.7. The van der Waals surface area contributed by atoms with Gasteiger partial charge in [0.15, 0.2) is 0 Å². The number of hydrogen-bond donors (Lipinski definition) is 3. The van der Waals surface area contributed by atoms with Crippen molar-refractivity contribution in [3.63, 3.8) is 0 Å². The van der Waals surface area contributed by atoms with Gasteiger partial charge in [0.2, 0.25) is 0 Å². The Labute approximate surface area is 107 Å². The maximum Gasteiger partial charge on any atom is 0.0797 e. The van der Waals surface area contributed by atoms with E-state index >= 15 is 0 Å². The molecule has 0 unspecified atom stereocenters. The van der Waals surface area contributed by atoms with E-state index in [4.69, 9.17) is 10.5 Å². The summed E-state index contributed by atoms with van der Waals surface area (Å²) in [6, 6.07) is 3.88. The molecule has 1 aromatic heterocycles. The summed E-state index contributed by atoms with van der Waals surface area (Å²) in [4.78, 5) is 0. The standard InChI is InChI=1S/C13H20N4O/c1-4-18-13(2,3)8-15-12-6-11-9(5-10(12)14)7-16-17-11/h5-7,15H,4,8,14H2,1-3H3,(H,16,17). The molecular weight excluding hydrogens is 228 g/mol. The van der Waals surface area contributed by atoms with Crippen LogP contribution in [0.25, 0.3) is 10.9 Å². The predicted octanol–water partition coefficient (Wildman–Crippen LogP) is 2.37. The lowest BCUT2D eigenvalue weighted by Gasteiger charge is -2.25. The third kappa shape index (κ3) is 2.73. The summed E-state index contributed by atoms with van der Waals surface area (Å²) >= 11 is 0. The van der Waals surface area contributed by atoms with Crippen LogP contribution in [0.15, 0.2) is 18.3 Å². The maximum absolute atomic E-state index is 6.00. The minimum atomic E-state index is -0.218. The van der Waals surface area contributed by atoms with Gasteiger partial charge < -0.3 is 15.8 Å². The van der Waals surface area contributed by atoms with Gasteiger partial charge in [-0.2, -0.15) is 5.10 Å². The van der Waals surface area contributed by atoms with Crippen molar-refractivity contribution in [3.05, 3.63) is 18.3 Å². The average Bonchev–Trinajstić information content (AvgIpc) is 2.72. The van der Waals surface area contributed by atoms with Crippen molar-refractivity contribution in [3.8, 4) is 0 Å². The van der Waals surface area contributed by atoms with E-state index in [1.807, 2.05) is 19.1 Å². The van der Waals surface area contributed by atoms with Crippen molar-refractivity contribution in [2.45, 2.75) is 26.4 Å². The first-order valence-electron chi connectivity index (χ1n) is 6.12. The quantitative estimate of drug-likeness (QED) is 0.710. The van der Waals surface area contributed by atoms with Crippen LogP contribution < -0.4 is 11.1 Å². The lowest BCUT2D eigenvalue weighted by atomic mass is 10.1. The van der Waals surface area contributed by atoms with E-state index in [1.54, 1.807) is 6.20 Å². The molecule has 1 heterocycles. The number of nitrogens with zero attached hydrogens (tertiary/aromatic N) is 1. The second-order valence-electron chi connectivity index (χ2n) is 4.94. The fraction of sp³-hybridized carbons (Fsp3) is 0.462. The van der Waals surface area contributed by atoms with E-state index in [1.165, 1.54) is 0 Å². The fourth-order valence-electron chi connectivity index (χ4n) is 1.91. The van der Waals surface area contributed by atoms with Gasteiger partial charge in [0.1, 0.15) is 0 Å². The summed E-state index contributed by atoms with van der Waals surface area (Å²) in [5.41, 5.74) is 8.38. The number of aromatic amines is 1. The van der Waals surface area contributed by atoms with Crippen LogP contribution in [0.4, 0.5) is 11.4 Å². The number of anilines is 2. The van der Waals surface area contributed by atoms with Crippen LogP contribution >= 0.6 is 0 Å². The summed E-state index contributed by atoms with van der Waals surface area (Å²) < 4.78 is 5.64. The molecule has 0 aliphatic rings. The first-order chi connectivity index (χ1) is 8.52. The van der Waals surface area contributed by atoms with Crippen molar-refractivity contribution in [2.75, 3.05) is 24.2 Å². The summed E-state index contributed by atoms with van der Waals surface area (Å²) in [5, 5.41) is 11.3. The van der Waals surface area contributed by atoms with Crippen molar-refractivity contribution in [1.82, 2.24) is 10.2 Å². The molecule has 5 heteroatoms. The van der Waals surface area contributed by atoms with Gasteiger partial charge in [-0.1, -0.05) is 0 Å². The molecule has 0 fully saturated rings. The molecular formula is C13H20N4O. The Hall–Kier alpha value is -1.75. The Morgan fingerprint density at radius 1 is 1.44 bits per heavy atom. The Bertz CT molecular complexity index is 533. The lowest BCUT2D eigenvalue weighted by molar-refractivity contribution is 0.000711. The molecule has 0 aliphatic carbocycles. The summed E-state index contributed by atoms with van der Waals surface area (Å²) in [6.45, 7) is 7.49. The molecule has 0 spiro atoms. The lowest BCUT2D eigenvalue weighted by Crippen LogP contribution is -2.33. The second kappa shape index (κ2) is 4.86. The van der Waals surface area contributed by atoms with E-state index in [0.29, 0.717) is 13.2 Å². The minimum absolute atomic E-state index is 0.218.